The number of phosphoric ester groups is 1. The standard InChI is InChI=1S/C42H73O10P/c1-4-5-19-26-37(43)30-31-39-36(29-32-40(39)44)25-21-17-18-23-28-42(46)52-38(34-51-53(47,48)49)33-50-41(45)27-22-16-14-12-10-8-6-7-9-11-13-15-20-24-35(2)3/h17,21,29-32,35-39,43H,4-16,18-20,22-28,33-34H2,1-3H3,(H2,47,48,49)/b21-17-,31-30+/t36-,37-,38+,39+/m0/s1. The van der Waals surface area contributed by atoms with E-state index in [0.29, 0.717) is 32.1 Å². The smallest absolute Gasteiger partial charge is 0.462 e. The number of rotatable bonds is 34. The second-order valence-corrected chi connectivity index (χ2v) is 16.3. The van der Waals surface area contributed by atoms with Crippen molar-refractivity contribution in [3.8, 4) is 0 Å². The third-order valence-corrected chi connectivity index (χ3v) is 10.1. The lowest BCUT2D eigenvalue weighted by Crippen LogP contribution is -2.29. The number of hydrogen-bond donors (Lipinski definition) is 3. The van der Waals surface area contributed by atoms with E-state index in [1.54, 1.807) is 12.2 Å². The van der Waals surface area contributed by atoms with E-state index in [2.05, 4.69) is 25.3 Å². The molecule has 0 aromatic carbocycles. The van der Waals surface area contributed by atoms with Gasteiger partial charge in [0, 0.05) is 18.8 Å². The van der Waals surface area contributed by atoms with Crippen LogP contribution in [0.4, 0.5) is 0 Å². The van der Waals surface area contributed by atoms with Gasteiger partial charge in [-0.15, -0.1) is 0 Å². The number of unbranched alkanes of at least 4 members (excludes halogenated alkanes) is 15. The molecular formula is C42H73O10P. The first-order valence-corrected chi connectivity index (χ1v) is 22.2. The molecule has 1 aliphatic carbocycles. The van der Waals surface area contributed by atoms with Gasteiger partial charge in [-0.25, -0.2) is 4.57 Å². The minimum absolute atomic E-state index is 0.0175. The Labute approximate surface area is 320 Å². The van der Waals surface area contributed by atoms with Crippen molar-refractivity contribution in [1.82, 2.24) is 0 Å². The lowest BCUT2D eigenvalue weighted by atomic mass is 9.90. The van der Waals surface area contributed by atoms with E-state index < -0.39 is 38.6 Å². The summed E-state index contributed by atoms with van der Waals surface area (Å²) in [6.07, 6.45) is 32.1. The summed E-state index contributed by atoms with van der Waals surface area (Å²) in [4.78, 5) is 55.3. The fourth-order valence-corrected chi connectivity index (χ4v) is 6.73. The van der Waals surface area contributed by atoms with Crippen molar-refractivity contribution < 1.29 is 47.8 Å². The summed E-state index contributed by atoms with van der Waals surface area (Å²) in [6, 6.07) is 0. The number of aliphatic hydroxyl groups is 1. The van der Waals surface area contributed by atoms with Crippen LogP contribution in [0.3, 0.4) is 0 Å². The first-order valence-electron chi connectivity index (χ1n) is 20.7. The predicted molar refractivity (Wildman–Crippen MR) is 211 cm³/mol. The minimum atomic E-state index is -4.81. The third-order valence-electron chi connectivity index (χ3n) is 9.59. The van der Waals surface area contributed by atoms with Gasteiger partial charge in [0.05, 0.1) is 12.7 Å². The summed E-state index contributed by atoms with van der Waals surface area (Å²) < 4.78 is 26.4. The van der Waals surface area contributed by atoms with Crippen molar-refractivity contribution in [2.75, 3.05) is 13.2 Å². The molecule has 0 saturated carbocycles. The molecule has 0 fully saturated rings. The maximum atomic E-state index is 12.5. The fraction of sp³-hybridized carbons (Fsp3) is 0.786. The Morgan fingerprint density at radius 3 is 1.98 bits per heavy atom. The second kappa shape index (κ2) is 31.1. The summed E-state index contributed by atoms with van der Waals surface area (Å²) in [6.45, 7) is 5.75. The molecule has 0 aliphatic heterocycles. The van der Waals surface area contributed by atoms with Gasteiger partial charge in [0.2, 0.25) is 0 Å². The van der Waals surface area contributed by atoms with E-state index >= 15 is 0 Å². The molecular weight excluding hydrogens is 695 g/mol. The van der Waals surface area contributed by atoms with Crippen molar-refractivity contribution in [3.05, 3.63) is 36.5 Å². The zero-order chi connectivity index (χ0) is 39.2. The van der Waals surface area contributed by atoms with E-state index in [-0.39, 0.29) is 37.1 Å². The monoisotopic (exact) mass is 768 g/mol. The predicted octanol–water partition coefficient (Wildman–Crippen LogP) is 10.0. The number of aliphatic hydroxyl groups excluding tert-OH is 1. The molecule has 1 aliphatic rings. The van der Waals surface area contributed by atoms with Gasteiger partial charge in [-0.05, 0) is 50.0 Å². The average Bonchev–Trinajstić information content (AvgIpc) is 3.46. The second-order valence-electron chi connectivity index (χ2n) is 15.1. The van der Waals surface area contributed by atoms with Crippen molar-refractivity contribution >= 4 is 25.5 Å². The topological polar surface area (TPSA) is 157 Å². The number of carbonyl (C=O) groups excluding carboxylic acids is 3. The van der Waals surface area contributed by atoms with E-state index in [9.17, 15) is 24.1 Å². The van der Waals surface area contributed by atoms with Crippen LogP contribution in [0.1, 0.15) is 168 Å². The van der Waals surface area contributed by atoms with Crippen molar-refractivity contribution in [1.29, 1.82) is 0 Å². The fourth-order valence-electron chi connectivity index (χ4n) is 6.37. The molecule has 0 aromatic rings. The van der Waals surface area contributed by atoms with Crippen LogP contribution in [0, 0.1) is 17.8 Å². The molecule has 11 heteroatoms. The molecule has 306 valence electrons. The Morgan fingerprint density at radius 2 is 1.38 bits per heavy atom. The zero-order valence-corrected chi connectivity index (χ0v) is 34.1. The van der Waals surface area contributed by atoms with Crippen LogP contribution in [0.25, 0.3) is 0 Å². The quantitative estimate of drug-likeness (QED) is 0.0249. The molecule has 0 aromatic heterocycles. The molecule has 0 bridgehead atoms. The largest absolute Gasteiger partial charge is 0.469 e. The number of carbonyl (C=O) groups is 3. The number of phosphoric acid groups is 1. The Hall–Kier alpha value is -2.10. The molecule has 0 amide bonds. The van der Waals surface area contributed by atoms with E-state index in [1.165, 1.54) is 64.2 Å². The summed E-state index contributed by atoms with van der Waals surface area (Å²) >= 11 is 0. The van der Waals surface area contributed by atoms with Gasteiger partial charge in [0.25, 0.3) is 0 Å². The van der Waals surface area contributed by atoms with Gasteiger partial charge < -0.3 is 24.4 Å². The van der Waals surface area contributed by atoms with Crippen molar-refractivity contribution in [3.63, 3.8) is 0 Å². The first-order chi connectivity index (χ1) is 25.4. The van der Waals surface area contributed by atoms with Gasteiger partial charge >= 0.3 is 19.8 Å². The molecule has 53 heavy (non-hydrogen) atoms. The maximum absolute atomic E-state index is 12.5. The molecule has 0 spiro atoms. The van der Waals surface area contributed by atoms with Crippen LogP contribution >= 0.6 is 7.82 Å². The van der Waals surface area contributed by atoms with Crippen LogP contribution in [0.5, 0.6) is 0 Å². The molecule has 0 radical (unpaired) electrons. The summed E-state index contributed by atoms with van der Waals surface area (Å²) in [7, 11) is -4.81. The lowest BCUT2D eigenvalue weighted by Gasteiger charge is -2.18. The molecule has 0 heterocycles. The Morgan fingerprint density at radius 1 is 0.792 bits per heavy atom. The highest BCUT2D eigenvalue weighted by atomic mass is 31.2. The number of ketones is 1. The highest BCUT2D eigenvalue weighted by Gasteiger charge is 2.27. The van der Waals surface area contributed by atoms with Gasteiger partial charge in [0.15, 0.2) is 11.9 Å². The molecule has 0 saturated heterocycles. The van der Waals surface area contributed by atoms with E-state index in [0.717, 1.165) is 44.4 Å². The maximum Gasteiger partial charge on any atom is 0.469 e. The minimum Gasteiger partial charge on any atom is -0.462 e. The third kappa shape index (κ3) is 28.9. The zero-order valence-electron chi connectivity index (χ0n) is 33.2. The van der Waals surface area contributed by atoms with Gasteiger partial charge in [0.1, 0.15) is 6.61 Å². The summed E-state index contributed by atoms with van der Waals surface area (Å²) in [5.41, 5.74) is 0. The van der Waals surface area contributed by atoms with Crippen molar-refractivity contribution in [2.24, 2.45) is 17.8 Å². The van der Waals surface area contributed by atoms with E-state index in [4.69, 9.17) is 19.3 Å². The highest BCUT2D eigenvalue weighted by molar-refractivity contribution is 7.46. The van der Waals surface area contributed by atoms with Gasteiger partial charge in [-0.2, -0.15) is 0 Å². The molecule has 10 nitrogen and oxygen atoms in total. The molecule has 4 atom stereocenters. The molecule has 3 N–H and O–H groups in total. The summed E-state index contributed by atoms with van der Waals surface area (Å²) in [5, 5.41) is 10.2. The highest BCUT2D eigenvalue weighted by Crippen LogP contribution is 2.36. The number of esters is 2. The van der Waals surface area contributed by atoms with Gasteiger partial charge in [-0.3, -0.25) is 18.9 Å². The molecule has 0 unspecified atom stereocenters. The van der Waals surface area contributed by atoms with Crippen LogP contribution in [-0.4, -0.2) is 58.0 Å². The Bertz CT molecular complexity index is 1110. The SMILES string of the molecule is CCCCC[C@H](O)/C=C/[C@H]1C(=O)C=C[C@@H]1C/C=C\CCCC(=O)O[C@H](COC(=O)CCCCCCCCCCCCCCCC(C)C)COP(=O)(O)O. The Balaban J connectivity index is 2.25. The normalized spacial score (nSPS) is 17.4. The lowest BCUT2D eigenvalue weighted by molar-refractivity contribution is -0.161. The number of allylic oxidation sites excluding steroid dienone is 5. The van der Waals surface area contributed by atoms with Crippen LogP contribution < -0.4 is 0 Å². The van der Waals surface area contributed by atoms with Gasteiger partial charge in [-0.1, -0.05) is 154 Å². The first kappa shape index (κ1) is 48.9. The van der Waals surface area contributed by atoms with Crippen LogP contribution in [0.2, 0.25) is 0 Å². The van der Waals surface area contributed by atoms with Crippen LogP contribution in [-0.2, 0) is 32.9 Å². The van der Waals surface area contributed by atoms with Crippen LogP contribution in [0.15, 0.2) is 36.5 Å². The number of ether oxygens (including phenoxy) is 2. The summed E-state index contributed by atoms with van der Waals surface area (Å²) in [5.74, 6) is -0.455. The average molecular weight is 769 g/mol. The van der Waals surface area contributed by atoms with E-state index in [1.807, 2.05) is 24.3 Å². The number of hydrogen-bond acceptors (Lipinski definition) is 8. The molecule has 1 rings (SSSR count). The van der Waals surface area contributed by atoms with Crippen molar-refractivity contribution in [2.45, 2.75) is 181 Å². The Kier molecular flexibility index (Phi) is 28.7.